The average Bonchev–Trinajstić information content (AvgIpc) is 3.73. The van der Waals surface area contributed by atoms with Crippen molar-refractivity contribution in [2.24, 2.45) is 0 Å². The molecule has 2 aromatic carbocycles. The van der Waals surface area contributed by atoms with E-state index >= 15 is 0 Å². The highest BCUT2D eigenvalue weighted by Crippen LogP contribution is 2.37. The van der Waals surface area contributed by atoms with Crippen molar-refractivity contribution in [1.29, 1.82) is 0 Å². The van der Waals surface area contributed by atoms with Gasteiger partial charge in [-0.2, -0.15) is 5.10 Å². The molecule has 1 unspecified atom stereocenters. The van der Waals surface area contributed by atoms with Gasteiger partial charge in [0.05, 0.1) is 23.5 Å². The maximum atomic E-state index is 13.7. The summed E-state index contributed by atoms with van der Waals surface area (Å²) in [7, 11) is 0. The van der Waals surface area contributed by atoms with E-state index in [-0.39, 0.29) is 17.4 Å². The Hall–Kier alpha value is -5.46. The maximum Gasteiger partial charge on any atom is 0.167 e. The van der Waals surface area contributed by atoms with Crippen LogP contribution in [0.2, 0.25) is 0 Å². The first-order valence-corrected chi connectivity index (χ1v) is 13.6. The van der Waals surface area contributed by atoms with Gasteiger partial charge in [-0.1, -0.05) is 12.1 Å². The number of aryl methyl sites for hydroxylation is 1. The third kappa shape index (κ3) is 4.68. The number of halogens is 1. The number of carbonyl (C=O) groups is 1. The molecule has 0 radical (unpaired) electrons. The number of hydrogen-bond acceptors (Lipinski definition) is 9. The number of rotatable bonds is 7. The van der Waals surface area contributed by atoms with Crippen LogP contribution in [0.3, 0.4) is 0 Å². The van der Waals surface area contributed by atoms with Crippen LogP contribution in [0.25, 0.3) is 34.1 Å². The van der Waals surface area contributed by atoms with Crippen molar-refractivity contribution in [3.05, 3.63) is 107 Å². The molecule has 5 N–H and O–H groups in total. The van der Waals surface area contributed by atoms with Crippen molar-refractivity contribution in [2.45, 2.75) is 25.1 Å². The lowest BCUT2D eigenvalue weighted by molar-refractivity contribution is 0.111. The van der Waals surface area contributed by atoms with Crippen molar-refractivity contribution in [3.63, 3.8) is 0 Å². The van der Waals surface area contributed by atoms with Gasteiger partial charge in [-0.05, 0) is 78.1 Å². The number of carbonyl (C=O) groups excluding carboxylic acids is 1. The molecule has 214 valence electrons. The van der Waals surface area contributed by atoms with Gasteiger partial charge >= 0.3 is 0 Å². The van der Waals surface area contributed by atoms with Crippen molar-refractivity contribution < 1.29 is 19.4 Å². The van der Waals surface area contributed by atoms with Gasteiger partial charge < -0.3 is 15.9 Å². The summed E-state index contributed by atoms with van der Waals surface area (Å²) in [5.41, 5.74) is 11.6. The number of nitrogens with two attached hydrogens (primary N) is 1. The first kappa shape index (κ1) is 26.4. The predicted molar refractivity (Wildman–Crippen MR) is 156 cm³/mol. The van der Waals surface area contributed by atoms with Gasteiger partial charge in [0, 0.05) is 17.9 Å². The molecule has 0 amide bonds. The molecule has 1 aliphatic rings. The minimum Gasteiger partial charge on any atom is -0.507 e. The first-order valence-electron chi connectivity index (χ1n) is 13.6. The Labute approximate surface area is 244 Å². The smallest absolute Gasteiger partial charge is 0.167 e. The number of nitrogen functional groups attached to an aromatic ring is 1. The van der Waals surface area contributed by atoms with E-state index in [0.29, 0.717) is 46.0 Å². The fourth-order valence-corrected chi connectivity index (χ4v) is 5.57. The normalized spacial score (nSPS) is 15.1. The molecule has 0 fully saturated rings. The van der Waals surface area contributed by atoms with Crippen LogP contribution in [0.15, 0.2) is 79.3 Å². The molecule has 2 atom stereocenters. The van der Waals surface area contributed by atoms with Crippen LogP contribution in [-0.4, -0.2) is 45.8 Å². The van der Waals surface area contributed by atoms with Crippen LogP contribution in [-0.2, 0) is 6.42 Å². The zero-order chi connectivity index (χ0) is 29.7. The number of aromatic hydroxyl groups is 1. The lowest BCUT2D eigenvalue weighted by atomic mass is 10.1. The fourth-order valence-electron chi connectivity index (χ4n) is 5.57. The van der Waals surface area contributed by atoms with Gasteiger partial charge in [0.2, 0.25) is 0 Å². The number of aromatic nitrogens is 6. The molecule has 4 heterocycles. The predicted octanol–water partition coefficient (Wildman–Crippen LogP) is 4.18. The minimum absolute atomic E-state index is 0.113. The summed E-state index contributed by atoms with van der Waals surface area (Å²) in [6.07, 6.45) is 5.00. The molecule has 0 spiro atoms. The number of nitrogens with one attached hydrogen (secondary N) is 1. The van der Waals surface area contributed by atoms with Crippen LogP contribution in [0.5, 0.6) is 5.75 Å². The van der Waals surface area contributed by atoms with Gasteiger partial charge in [-0.15, -0.1) is 0 Å². The molecule has 43 heavy (non-hydrogen) atoms. The summed E-state index contributed by atoms with van der Waals surface area (Å²) >= 11 is 0. The summed E-state index contributed by atoms with van der Waals surface area (Å²) in [6.45, 7) is 0. The maximum absolute atomic E-state index is 13.7. The van der Waals surface area contributed by atoms with Gasteiger partial charge in [-0.3, -0.25) is 14.7 Å². The van der Waals surface area contributed by atoms with E-state index in [1.807, 2.05) is 22.8 Å². The zero-order valence-electron chi connectivity index (χ0n) is 22.6. The van der Waals surface area contributed by atoms with Crippen LogP contribution >= 0.6 is 0 Å². The van der Waals surface area contributed by atoms with Crippen molar-refractivity contribution in [1.82, 2.24) is 34.6 Å². The number of imidazole rings is 1. The number of phenols is 1. The Balaban J connectivity index is 1.29. The topological polar surface area (TPSA) is 157 Å². The van der Waals surface area contributed by atoms with Gasteiger partial charge in [-0.25, -0.2) is 24.0 Å². The average molecular weight is 577 g/mol. The Kier molecular flexibility index (Phi) is 6.41. The third-order valence-corrected chi connectivity index (χ3v) is 7.67. The van der Waals surface area contributed by atoms with E-state index in [1.165, 1.54) is 23.0 Å². The molecule has 0 saturated carbocycles. The Morgan fingerprint density at radius 1 is 1.12 bits per heavy atom. The van der Waals surface area contributed by atoms with Crippen LogP contribution in [0, 0.1) is 5.82 Å². The highest BCUT2D eigenvalue weighted by Gasteiger charge is 2.27. The summed E-state index contributed by atoms with van der Waals surface area (Å²) in [5.74, 6) is 0.691. The second kappa shape index (κ2) is 10.4. The monoisotopic (exact) mass is 576 g/mol. The SMILES string of the molecule is Nc1ncccc1-c1nc2ccc(-n3cc(F)cn3)nc2n1-c1ccc2c(c1)CC[C@@H]2NC(O)c1ccc(O)c(C=O)c1. The van der Waals surface area contributed by atoms with E-state index in [0.717, 1.165) is 35.9 Å². The van der Waals surface area contributed by atoms with E-state index in [1.54, 1.807) is 30.5 Å². The summed E-state index contributed by atoms with van der Waals surface area (Å²) in [5, 5.41) is 28.0. The largest absolute Gasteiger partial charge is 0.507 e. The number of aliphatic hydroxyl groups is 1. The van der Waals surface area contributed by atoms with E-state index in [9.17, 15) is 19.4 Å². The Morgan fingerprint density at radius 2 is 2.00 bits per heavy atom. The lowest BCUT2D eigenvalue weighted by Gasteiger charge is -2.20. The molecule has 6 aromatic rings. The molecule has 12 heteroatoms. The van der Waals surface area contributed by atoms with Crippen molar-refractivity contribution in [2.75, 3.05) is 5.73 Å². The minimum atomic E-state index is -1.04. The standard InChI is InChI=1S/C31H25FN8O3/c32-20-14-35-39(15-20)27-10-8-25-30(38-27)40(29(36-25)23-2-1-11-34-28(23)33)21-5-6-22-17(13-21)3-7-24(22)37-31(43)18-4-9-26(42)19(12-18)16-41/h1-2,4-6,8-16,24,31,37,42-43H,3,7H2,(H2,33,34)/t24-,31?/m0/s1. The van der Waals surface area contributed by atoms with Crippen molar-refractivity contribution in [3.8, 4) is 28.6 Å². The second-order valence-electron chi connectivity index (χ2n) is 10.3. The first-order chi connectivity index (χ1) is 20.9. The molecule has 0 bridgehead atoms. The number of aliphatic hydroxyl groups excluding tert-OH is 1. The highest BCUT2D eigenvalue weighted by atomic mass is 19.1. The van der Waals surface area contributed by atoms with E-state index in [2.05, 4.69) is 21.5 Å². The fraction of sp³-hybridized carbons (Fsp3) is 0.129. The second-order valence-corrected chi connectivity index (χ2v) is 10.3. The number of fused-ring (bicyclic) bond motifs is 2. The number of pyridine rings is 2. The summed E-state index contributed by atoms with van der Waals surface area (Å²) in [4.78, 5) is 25.1. The molecule has 11 nitrogen and oxygen atoms in total. The van der Waals surface area contributed by atoms with E-state index in [4.69, 9.17) is 15.7 Å². The molecule has 1 aliphatic carbocycles. The van der Waals surface area contributed by atoms with Gasteiger partial charge in [0.15, 0.2) is 29.4 Å². The molecule has 4 aromatic heterocycles. The van der Waals surface area contributed by atoms with Crippen LogP contribution in [0.4, 0.5) is 10.2 Å². The summed E-state index contributed by atoms with van der Waals surface area (Å²) < 4.78 is 17.0. The molecule has 0 saturated heterocycles. The van der Waals surface area contributed by atoms with Crippen LogP contribution in [0.1, 0.15) is 45.7 Å². The molecule has 7 rings (SSSR count). The van der Waals surface area contributed by atoms with Crippen molar-refractivity contribution >= 4 is 23.3 Å². The van der Waals surface area contributed by atoms with Crippen LogP contribution < -0.4 is 11.1 Å². The number of benzene rings is 2. The lowest BCUT2D eigenvalue weighted by Crippen LogP contribution is -2.25. The number of anilines is 1. The summed E-state index contributed by atoms with van der Waals surface area (Å²) in [6, 6.07) is 17.5. The zero-order valence-corrected chi connectivity index (χ0v) is 22.6. The van der Waals surface area contributed by atoms with Gasteiger partial charge in [0.25, 0.3) is 0 Å². The quantitative estimate of drug-likeness (QED) is 0.162. The number of phenolic OH excluding ortho intramolecular Hbond substituents is 1. The van der Waals surface area contributed by atoms with Gasteiger partial charge in [0.1, 0.15) is 23.3 Å². The number of aldehydes is 1. The molecular weight excluding hydrogens is 551 g/mol. The van der Waals surface area contributed by atoms with E-state index < -0.39 is 12.0 Å². The number of nitrogens with zero attached hydrogens (tertiary/aromatic N) is 6. The Morgan fingerprint density at radius 3 is 2.79 bits per heavy atom. The Bertz CT molecular complexity index is 2020. The molecular formula is C31H25FN8O3. The third-order valence-electron chi connectivity index (χ3n) is 7.67. The highest BCUT2D eigenvalue weighted by molar-refractivity contribution is 5.83. The molecule has 0 aliphatic heterocycles. The number of hydrogen-bond donors (Lipinski definition) is 4.